The maximum atomic E-state index is 12.0. The maximum Gasteiger partial charge on any atom is 0.323 e. The molecule has 5 heteroatoms. The lowest BCUT2D eigenvalue weighted by Crippen LogP contribution is -2.52. The Morgan fingerprint density at radius 1 is 1.35 bits per heavy atom. The van der Waals surface area contributed by atoms with Gasteiger partial charge in [0.1, 0.15) is 5.54 Å². The molecule has 0 aromatic heterocycles. The zero-order valence-corrected chi connectivity index (χ0v) is 10.9. The molecule has 1 atom stereocenters. The number of carboxylic acid groups (broad SMARTS) is 1. The molecule has 0 aromatic carbocycles. The van der Waals surface area contributed by atoms with Crippen LogP contribution in [0.3, 0.4) is 0 Å². The molecule has 0 saturated carbocycles. The van der Waals surface area contributed by atoms with Crippen molar-refractivity contribution in [2.45, 2.75) is 39.2 Å². The molecule has 0 bridgehead atoms. The van der Waals surface area contributed by atoms with E-state index >= 15 is 0 Å². The normalized spacial score (nSPS) is 24.9. The van der Waals surface area contributed by atoms with Crippen LogP contribution < -0.4 is 0 Å². The van der Waals surface area contributed by atoms with Gasteiger partial charge in [-0.25, -0.2) is 0 Å². The molecular formula is C12H22N2O3. The highest BCUT2D eigenvalue weighted by molar-refractivity contribution is 5.82. The predicted octanol–water partition coefficient (Wildman–Crippen LogP) is 0.794. The van der Waals surface area contributed by atoms with Crippen LogP contribution in [0.25, 0.3) is 0 Å². The molecule has 98 valence electrons. The third-order valence-electron chi connectivity index (χ3n) is 3.69. The third-order valence-corrected chi connectivity index (χ3v) is 3.69. The van der Waals surface area contributed by atoms with E-state index in [1.165, 1.54) is 0 Å². The molecule has 0 spiro atoms. The molecule has 1 heterocycles. The quantitative estimate of drug-likeness (QED) is 0.774. The largest absolute Gasteiger partial charge is 0.480 e. The number of carbonyl (C=O) groups excluding carboxylic acids is 1. The lowest BCUT2D eigenvalue weighted by Gasteiger charge is -2.32. The highest BCUT2D eigenvalue weighted by Gasteiger charge is 2.44. The Morgan fingerprint density at radius 2 is 1.94 bits per heavy atom. The van der Waals surface area contributed by atoms with E-state index in [1.807, 2.05) is 13.8 Å². The Balaban J connectivity index is 2.68. The first-order valence-electron chi connectivity index (χ1n) is 6.22. The molecule has 1 aliphatic heterocycles. The number of hydrogen-bond acceptors (Lipinski definition) is 3. The van der Waals surface area contributed by atoms with Gasteiger partial charge in [0.25, 0.3) is 0 Å². The topological polar surface area (TPSA) is 60.9 Å². The number of carboxylic acids is 1. The molecule has 0 radical (unpaired) electrons. The van der Waals surface area contributed by atoms with Gasteiger partial charge in [-0.05, 0) is 40.2 Å². The number of carbonyl (C=O) groups is 2. The van der Waals surface area contributed by atoms with E-state index in [0.29, 0.717) is 26.1 Å². The van der Waals surface area contributed by atoms with Crippen molar-refractivity contribution in [2.75, 3.05) is 26.2 Å². The number of aliphatic carboxylic acids is 1. The summed E-state index contributed by atoms with van der Waals surface area (Å²) in [5.41, 5.74) is -0.872. The van der Waals surface area contributed by atoms with Crippen LogP contribution in [0.4, 0.5) is 0 Å². The SMILES string of the molecule is CCN(CC)C(=O)CN1CCCC1(C)C(=O)O. The Hall–Kier alpha value is -1.10. The van der Waals surface area contributed by atoms with E-state index in [4.69, 9.17) is 0 Å². The second kappa shape index (κ2) is 5.49. The van der Waals surface area contributed by atoms with Gasteiger partial charge in [0.2, 0.25) is 5.91 Å². The van der Waals surface area contributed by atoms with Gasteiger partial charge < -0.3 is 10.0 Å². The van der Waals surface area contributed by atoms with Crippen molar-refractivity contribution in [1.29, 1.82) is 0 Å². The summed E-state index contributed by atoms with van der Waals surface area (Å²) in [4.78, 5) is 26.7. The van der Waals surface area contributed by atoms with Crippen molar-refractivity contribution in [3.05, 3.63) is 0 Å². The second-order valence-corrected chi connectivity index (χ2v) is 4.67. The average molecular weight is 242 g/mol. The van der Waals surface area contributed by atoms with Crippen LogP contribution in [0, 0.1) is 0 Å². The van der Waals surface area contributed by atoms with Crippen molar-refractivity contribution in [3.8, 4) is 0 Å². The number of amides is 1. The molecule has 17 heavy (non-hydrogen) atoms. The fraction of sp³-hybridized carbons (Fsp3) is 0.833. The van der Waals surface area contributed by atoms with E-state index in [0.717, 1.165) is 6.42 Å². The summed E-state index contributed by atoms with van der Waals surface area (Å²) in [5.74, 6) is -0.813. The Morgan fingerprint density at radius 3 is 2.41 bits per heavy atom. The number of likely N-dealkylation sites (tertiary alicyclic amines) is 1. The van der Waals surface area contributed by atoms with Crippen molar-refractivity contribution >= 4 is 11.9 Å². The van der Waals surface area contributed by atoms with E-state index < -0.39 is 11.5 Å². The van der Waals surface area contributed by atoms with Gasteiger partial charge >= 0.3 is 5.97 Å². The van der Waals surface area contributed by atoms with Crippen LogP contribution >= 0.6 is 0 Å². The minimum atomic E-state index is -0.872. The zero-order valence-electron chi connectivity index (χ0n) is 10.9. The number of nitrogens with zero attached hydrogens (tertiary/aromatic N) is 2. The van der Waals surface area contributed by atoms with E-state index in [9.17, 15) is 14.7 Å². The van der Waals surface area contributed by atoms with Crippen LogP contribution in [0.5, 0.6) is 0 Å². The predicted molar refractivity (Wildman–Crippen MR) is 64.8 cm³/mol. The lowest BCUT2D eigenvalue weighted by molar-refractivity contribution is -0.150. The van der Waals surface area contributed by atoms with Crippen LogP contribution in [0.1, 0.15) is 33.6 Å². The third kappa shape index (κ3) is 2.77. The zero-order chi connectivity index (χ0) is 13.1. The fourth-order valence-electron chi connectivity index (χ4n) is 2.35. The van der Waals surface area contributed by atoms with Crippen molar-refractivity contribution in [2.24, 2.45) is 0 Å². The summed E-state index contributed by atoms with van der Waals surface area (Å²) in [5, 5.41) is 9.24. The molecular weight excluding hydrogens is 220 g/mol. The number of rotatable bonds is 5. The molecule has 5 nitrogen and oxygen atoms in total. The summed E-state index contributed by atoms with van der Waals surface area (Å²) in [6.07, 6.45) is 1.46. The van der Waals surface area contributed by atoms with Gasteiger partial charge in [-0.2, -0.15) is 0 Å². The van der Waals surface area contributed by atoms with Gasteiger partial charge in [0.05, 0.1) is 6.54 Å². The molecule has 1 aliphatic rings. The van der Waals surface area contributed by atoms with Gasteiger partial charge in [-0.1, -0.05) is 0 Å². The summed E-state index contributed by atoms with van der Waals surface area (Å²) >= 11 is 0. The van der Waals surface area contributed by atoms with Crippen molar-refractivity contribution in [1.82, 2.24) is 9.80 Å². The average Bonchev–Trinajstić information content (AvgIpc) is 2.63. The molecule has 1 fully saturated rings. The second-order valence-electron chi connectivity index (χ2n) is 4.67. The maximum absolute atomic E-state index is 12.0. The minimum absolute atomic E-state index is 0.0179. The molecule has 0 aromatic rings. The molecule has 1 rings (SSSR count). The minimum Gasteiger partial charge on any atom is -0.480 e. The summed E-state index contributed by atoms with van der Waals surface area (Å²) in [7, 11) is 0. The molecule has 1 amide bonds. The van der Waals surface area contributed by atoms with E-state index in [2.05, 4.69) is 0 Å². The Bertz CT molecular complexity index is 302. The standard InChI is InChI=1S/C12H22N2O3/c1-4-13(5-2)10(15)9-14-8-6-7-12(14,3)11(16)17/h4-9H2,1-3H3,(H,16,17). The molecule has 1 N–H and O–H groups in total. The van der Waals surface area contributed by atoms with Gasteiger partial charge in [0.15, 0.2) is 0 Å². The number of hydrogen-bond donors (Lipinski definition) is 1. The van der Waals surface area contributed by atoms with E-state index in [1.54, 1.807) is 16.7 Å². The van der Waals surface area contributed by atoms with Crippen molar-refractivity contribution < 1.29 is 14.7 Å². The van der Waals surface area contributed by atoms with Crippen molar-refractivity contribution in [3.63, 3.8) is 0 Å². The Labute approximate surface area is 102 Å². The van der Waals surface area contributed by atoms with Crippen LogP contribution in [0.15, 0.2) is 0 Å². The Kier molecular flexibility index (Phi) is 4.51. The van der Waals surface area contributed by atoms with Gasteiger partial charge in [-0.15, -0.1) is 0 Å². The smallest absolute Gasteiger partial charge is 0.323 e. The number of likely N-dealkylation sites (N-methyl/N-ethyl adjacent to an activating group) is 1. The summed E-state index contributed by atoms with van der Waals surface area (Å²) in [6, 6.07) is 0. The fourth-order valence-corrected chi connectivity index (χ4v) is 2.35. The van der Waals surface area contributed by atoms with E-state index in [-0.39, 0.29) is 12.5 Å². The van der Waals surface area contributed by atoms with Gasteiger partial charge in [-0.3, -0.25) is 14.5 Å². The molecule has 0 aliphatic carbocycles. The summed E-state index contributed by atoms with van der Waals surface area (Å²) < 4.78 is 0. The lowest BCUT2D eigenvalue weighted by atomic mass is 9.99. The first-order valence-corrected chi connectivity index (χ1v) is 6.22. The van der Waals surface area contributed by atoms with Crippen LogP contribution in [-0.4, -0.2) is 58.5 Å². The molecule has 1 saturated heterocycles. The highest BCUT2D eigenvalue weighted by Crippen LogP contribution is 2.28. The highest BCUT2D eigenvalue weighted by atomic mass is 16.4. The van der Waals surface area contributed by atoms with Crippen LogP contribution in [0.2, 0.25) is 0 Å². The monoisotopic (exact) mass is 242 g/mol. The van der Waals surface area contributed by atoms with Gasteiger partial charge in [0, 0.05) is 13.1 Å². The first kappa shape index (κ1) is 14.0. The summed E-state index contributed by atoms with van der Waals surface area (Å²) in [6.45, 7) is 7.82. The van der Waals surface area contributed by atoms with Crippen LogP contribution in [-0.2, 0) is 9.59 Å². The first-order chi connectivity index (χ1) is 7.95. The molecule has 1 unspecified atom stereocenters.